The van der Waals surface area contributed by atoms with Crippen molar-refractivity contribution in [2.45, 2.75) is 20.3 Å². The third-order valence-electron chi connectivity index (χ3n) is 0.498. The summed E-state index contributed by atoms with van der Waals surface area (Å²) in [4.78, 5) is 29.5. The molecule has 0 atom stereocenters. The van der Waals surface area contributed by atoms with E-state index in [4.69, 9.17) is 4.79 Å². The number of Topliss-reactive ketones (excluding diaryl/α,β-unsaturated/α-hetero) is 2. The van der Waals surface area contributed by atoms with Crippen LogP contribution in [0.25, 0.3) is 0 Å². The van der Waals surface area contributed by atoms with Gasteiger partial charge in [0.15, 0.2) is 0 Å². The van der Waals surface area contributed by atoms with Crippen molar-refractivity contribution in [1.82, 2.24) is 0 Å². The molecule has 0 saturated heterocycles. The summed E-state index contributed by atoms with van der Waals surface area (Å²) in [5.41, 5.74) is 0. The molecule has 0 heterocycles. The van der Waals surface area contributed by atoms with Crippen molar-refractivity contribution in [2.24, 2.45) is 0 Å². The van der Waals surface area contributed by atoms with Gasteiger partial charge < -0.3 is 0 Å². The minimum absolute atomic E-state index is 0.0625. The Morgan fingerprint density at radius 2 is 1.50 bits per heavy atom. The fourth-order valence-corrected chi connectivity index (χ4v) is 0.351. The maximum atomic E-state index is 10.0. The van der Waals surface area contributed by atoms with E-state index >= 15 is 0 Å². The molecule has 0 aliphatic heterocycles. The van der Waals surface area contributed by atoms with Crippen molar-refractivity contribution in [3.05, 3.63) is 0 Å². The van der Waals surface area contributed by atoms with Crippen LogP contribution in [0.15, 0.2) is 0 Å². The molecule has 0 N–H and O–H groups in total. The average Bonchev–Trinajstić information content (AvgIpc) is 1.62. The Balaban J connectivity index is 0. The van der Waals surface area contributed by atoms with Gasteiger partial charge in [-0.05, 0) is 13.8 Å². The molecule has 0 unspecified atom stereocenters. The monoisotopic (exact) mass is 232 g/mol. The topological polar surface area (TPSA) is 51.2 Å². The Hall–Kier alpha value is -0.367. The number of hydrogen-bond donors (Lipinski definition) is 0. The molecule has 0 fully saturated rings. The van der Waals surface area contributed by atoms with Crippen molar-refractivity contribution in [2.75, 3.05) is 0 Å². The summed E-state index contributed by atoms with van der Waals surface area (Å²) in [5, 5.41) is 0. The Morgan fingerprint density at radius 3 is 1.50 bits per heavy atom. The van der Waals surface area contributed by atoms with Gasteiger partial charge in [-0.2, -0.15) is 0 Å². The maximum absolute atomic E-state index is 10.0. The molecule has 0 amide bonds. The molecule has 0 aromatic heterocycles. The molecule has 4 heteroatoms. The molecular weight excluding hydrogens is 223 g/mol. The summed E-state index contributed by atoms with van der Waals surface area (Å²) in [7, 11) is 0. The van der Waals surface area contributed by atoms with Crippen molar-refractivity contribution < 1.29 is 32.7 Å². The fraction of sp³-hybridized carbons (Fsp3) is 0.500. The van der Waals surface area contributed by atoms with Gasteiger partial charge in [-0.15, -0.1) is 0 Å². The van der Waals surface area contributed by atoms with Crippen molar-refractivity contribution in [3.63, 3.8) is 0 Å². The second-order valence-corrected chi connectivity index (χ2v) is 2.05. The molecule has 0 radical (unpaired) electrons. The zero-order chi connectivity index (χ0) is 8.57. The number of carbonyl (C=O) groups excluding carboxylic acids is 3. The molecule has 0 aromatic carbocycles. The number of ketones is 2. The van der Waals surface area contributed by atoms with Gasteiger partial charge in [-0.25, -0.2) is 0 Å². The van der Waals surface area contributed by atoms with E-state index in [-0.39, 0.29) is 18.0 Å². The first-order valence-electron chi connectivity index (χ1n) is 2.54. The van der Waals surface area contributed by atoms with E-state index in [9.17, 15) is 9.59 Å². The van der Waals surface area contributed by atoms with Gasteiger partial charge in [-0.3, -0.25) is 9.59 Å². The van der Waals surface area contributed by atoms with E-state index in [0.717, 1.165) is 0 Å². The van der Waals surface area contributed by atoms with Crippen molar-refractivity contribution >= 4 is 16.4 Å². The first kappa shape index (κ1) is 12.3. The normalized spacial score (nSPS) is 7.20. The second-order valence-electron chi connectivity index (χ2n) is 1.66. The standard InChI is InChI=1S/C5H8O2.CHO.Rh/c1-4(6)3-5(2)7;1-2;/h3H2,1-2H3;1H;. The number of hydrogen-bond acceptors (Lipinski definition) is 3. The molecule has 0 saturated carbocycles. The SMILES string of the molecule is CC(=O)CC(C)=O.O=[CH][Rh]. The number of carbonyl (C=O) groups is 3. The second kappa shape index (κ2) is 8.63. The molecule has 3 nitrogen and oxygen atoms in total. The summed E-state index contributed by atoms with van der Waals surface area (Å²) in [5.74, 6) is -0.125. The van der Waals surface area contributed by atoms with Gasteiger partial charge in [-0.1, -0.05) is 0 Å². The Kier molecular flexibility index (Phi) is 10.6. The predicted octanol–water partition coefficient (Wildman–Crippen LogP) is 0.278. The summed E-state index contributed by atoms with van der Waals surface area (Å²) in [6.45, 7) is 2.81. The summed E-state index contributed by atoms with van der Waals surface area (Å²) in [6.07, 6.45) is 0.0833. The first-order valence-corrected chi connectivity index (χ1v) is 3.49. The summed E-state index contributed by atoms with van der Waals surface area (Å²) >= 11 is 2.04. The fourth-order valence-electron chi connectivity index (χ4n) is 0.351. The van der Waals surface area contributed by atoms with Crippen molar-refractivity contribution in [3.8, 4) is 0 Å². The zero-order valence-corrected chi connectivity index (χ0v) is 7.48. The molecule has 60 valence electrons. The molecule has 0 aliphatic rings. The molecule has 0 aliphatic carbocycles. The molecule has 0 aromatic rings. The predicted molar refractivity (Wildman–Crippen MR) is 32.7 cm³/mol. The van der Waals surface area contributed by atoms with Gasteiger partial charge in [0.05, 0.1) is 6.42 Å². The van der Waals surface area contributed by atoms with Crippen LogP contribution in [0.2, 0.25) is 0 Å². The third kappa shape index (κ3) is 25.4. The quantitative estimate of drug-likeness (QED) is 0.390. The average molecular weight is 232 g/mol. The van der Waals surface area contributed by atoms with Crippen LogP contribution in [0.3, 0.4) is 0 Å². The number of rotatable bonds is 2. The van der Waals surface area contributed by atoms with Crippen LogP contribution in [0.1, 0.15) is 20.3 Å². The first-order chi connectivity index (χ1) is 4.54. The van der Waals surface area contributed by atoms with Gasteiger partial charge in [0.25, 0.3) is 0 Å². The van der Waals surface area contributed by atoms with Crippen molar-refractivity contribution in [1.29, 1.82) is 0 Å². The van der Waals surface area contributed by atoms with Crippen LogP contribution in [-0.2, 0) is 32.7 Å². The summed E-state index contributed by atoms with van der Waals surface area (Å²) in [6, 6.07) is 0. The van der Waals surface area contributed by atoms with Crippen LogP contribution in [0.4, 0.5) is 0 Å². The Bertz CT molecular complexity index is 119. The molecular formula is C6H9O3Rh. The van der Waals surface area contributed by atoms with Gasteiger partial charge >= 0.3 is 28.0 Å². The van der Waals surface area contributed by atoms with E-state index in [0.29, 0.717) is 4.88 Å². The van der Waals surface area contributed by atoms with Crippen LogP contribution in [-0.4, -0.2) is 16.4 Å². The van der Waals surface area contributed by atoms with Gasteiger partial charge in [0.1, 0.15) is 11.6 Å². The molecule has 0 spiro atoms. The van der Waals surface area contributed by atoms with Crippen LogP contribution < -0.4 is 0 Å². The third-order valence-corrected chi connectivity index (χ3v) is 0.498. The summed E-state index contributed by atoms with van der Waals surface area (Å²) < 4.78 is 0. The van der Waals surface area contributed by atoms with E-state index in [1.165, 1.54) is 13.8 Å². The molecule has 0 rings (SSSR count). The van der Waals surface area contributed by atoms with Crippen LogP contribution >= 0.6 is 0 Å². The van der Waals surface area contributed by atoms with E-state index in [2.05, 4.69) is 0 Å². The molecule has 10 heavy (non-hydrogen) atoms. The van der Waals surface area contributed by atoms with E-state index in [1.807, 2.05) is 18.3 Å². The van der Waals surface area contributed by atoms with Gasteiger partial charge in [0, 0.05) is 0 Å². The molecule has 0 bridgehead atoms. The van der Waals surface area contributed by atoms with E-state index < -0.39 is 0 Å². The van der Waals surface area contributed by atoms with Crippen LogP contribution in [0, 0.1) is 0 Å². The minimum atomic E-state index is -0.0625. The van der Waals surface area contributed by atoms with Crippen LogP contribution in [0.5, 0.6) is 0 Å². The Morgan fingerprint density at radius 1 is 1.30 bits per heavy atom. The Labute approximate surface area is 69.9 Å². The zero-order valence-electron chi connectivity index (χ0n) is 5.84. The van der Waals surface area contributed by atoms with Gasteiger partial charge in [0.2, 0.25) is 0 Å². The van der Waals surface area contributed by atoms with E-state index in [1.54, 1.807) is 0 Å².